The van der Waals surface area contributed by atoms with Gasteiger partial charge >= 0.3 is 0 Å². The van der Waals surface area contributed by atoms with Crippen LogP contribution in [0.15, 0.2) is 53.6 Å². The number of hydrogen-bond acceptors (Lipinski definition) is 9. The first-order valence-electron chi connectivity index (χ1n) is 12.5. The molecule has 0 aliphatic carbocycles. The smallest absolute Gasteiger partial charge is 0.282 e. The van der Waals surface area contributed by atoms with Crippen molar-refractivity contribution < 1.29 is 33.5 Å². The zero-order valence-electron chi connectivity index (χ0n) is 22.0. The second-order valence-electron chi connectivity index (χ2n) is 9.54. The molecular weight excluding hydrogens is 520 g/mol. The fourth-order valence-electron chi connectivity index (χ4n) is 4.95. The quantitative estimate of drug-likeness (QED) is 0.190. The van der Waals surface area contributed by atoms with E-state index in [1.165, 1.54) is 43.7 Å². The minimum atomic E-state index is -0.697. The van der Waals surface area contributed by atoms with Crippen molar-refractivity contribution in [2.24, 2.45) is 5.10 Å². The van der Waals surface area contributed by atoms with Crippen molar-refractivity contribution in [3.8, 4) is 11.5 Å². The molecule has 0 spiro atoms. The normalized spacial score (nSPS) is 18.9. The Morgan fingerprint density at radius 2 is 1.77 bits per heavy atom. The van der Waals surface area contributed by atoms with E-state index in [0.29, 0.717) is 30.2 Å². The van der Waals surface area contributed by atoms with Crippen LogP contribution in [-0.4, -0.2) is 77.8 Å². The van der Waals surface area contributed by atoms with Gasteiger partial charge in [-0.3, -0.25) is 24.5 Å². The van der Waals surface area contributed by atoms with E-state index in [1.807, 2.05) is 13.8 Å². The molecule has 2 aliphatic rings. The Hall–Kier alpha value is -4.84. The Morgan fingerprint density at radius 1 is 1.07 bits per heavy atom. The first-order chi connectivity index (χ1) is 19.2. The number of rotatable bonds is 7. The number of morpholine rings is 1. The minimum absolute atomic E-state index is 0.0561. The van der Waals surface area contributed by atoms with E-state index in [-0.39, 0.29) is 52.3 Å². The third-order valence-electron chi connectivity index (χ3n) is 6.69. The van der Waals surface area contributed by atoms with E-state index in [2.05, 4.69) is 5.10 Å². The SMILES string of the molecule is COc1cc(/C=N\N2C(=O)c3cccc4c([N+](=O)[O-])ccc(c34)C2=O)ccc1OCC(=O)N1C[C@@H](C)O[C@H](C)C1. The van der Waals surface area contributed by atoms with Crippen LogP contribution in [0.1, 0.15) is 40.1 Å². The maximum Gasteiger partial charge on any atom is 0.282 e. The molecule has 0 unspecified atom stereocenters. The van der Waals surface area contributed by atoms with Crippen LogP contribution in [0.2, 0.25) is 0 Å². The molecule has 5 rings (SSSR count). The van der Waals surface area contributed by atoms with Gasteiger partial charge in [-0.2, -0.15) is 10.1 Å². The van der Waals surface area contributed by atoms with Crippen molar-refractivity contribution in [2.75, 3.05) is 26.8 Å². The molecule has 2 heterocycles. The monoisotopic (exact) mass is 546 g/mol. The number of nitro benzene ring substituents is 1. The van der Waals surface area contributed by atoms with Crippen LogP contribution in [0.25, 0.3) is 10.8 Å². The zero-order valence-corrected chi connectivity index (χ0v) is 22.0. The molecule has 0 N–H and O–H groups in total. The van der Waals surface area contributed by atoms with Gasteiger partial charge in [0, 0.05) is 24.5 Å². The molecule has 12 nitrogen and oxygen atoms in total. The van der Waals surface area contributed by atoms with Crippen LogP contribution in [-0.2, 0) is 9.53 Å². The van der Waals surface area contributed by atoms with Crippen molar-refractivity contribution in [3.05, 3.63) is 75.3 Å². The molecule has 0 aromatic heterocycles. The molecule has 3 aromatic rings. The molecule has 12 heteroatoms. The minimum Gasteiger partial charge on any atom is -0.493 e. The number of carbonyl (C=O) groups is 3. The zero-order chi connectivity index (χ0) is 28.6. The molecule has 40 heavy (non-hydrogen) atoms. The molecule has 1 saturated heterocycles. The summed E-state index contributed by atoms with van der Waals surface area (Å²) in [4.78, 5) is 51.5. The summed E-state index contributed by atoms with van der Waals surface area (Å²) in [5.41, 5.74) is 0.592. The van der Waals surface area contributed by atoms with Crippen LogP contribution < -0.4 is 9.47 Å². The summed E-state index contributed by atoms with van der Waals surface area (Å²) >= 11 is 0. The van der Waals surface area contributed by atoms with Gasteiger partial charge in [0.2, 0.25) is 0 Å². The summed E-state index contributed by atoms with van der Waals surface area (Å²) in [5, 5.41) is 16.7. The number of non-ortho nitro benzene ring substituents is 1. The number of methoxy groups -OCH3 is 1. The van der Waals surface area contributed by atoms with Crippen molar-refractivity contribution >= 4 is 40.4 Å². The van der Waals surface area contributed by atoms with Crippen molar-refractivity contribution in [1.29, 1.82) is 0 Å². The number of benzene rings is 3. The molecular formula is C28H26N4O8. The maximum absolute atomic E-state index is 13.1. The van der Waals surface area contributed by atoms with Crippen molar-refractivity contribution in [3.63, 3.8) is 0 Å². The lowest BCUT2D eigenvalue weighted by atomic mass is 9.94. The topological polar surface area (TPSA) is 141 Å². The van der Waals surface area contributed by atoms with Gasteiger partial charge in [0.15, 0.2) is 18.1 Å². The number of amides is 3. The predicted molar refractivity (Wildman–Crippen MR) is 144 cm³/mol. The first-order valence-corrected chi connectivity index (χ1v) is 12.5. The fourth-order valence-corrected chi connectivity index (χ4v) is 4.95. The van der Waals surface area contributed by atoms with Crippen LogP contribution in [0.3, 0.4) is 0 Å². The molecule has 0 radical (unpaired) electrons. The number of imide groups is 1. The Bertz CT molecular complexity index is 1540. The number of nitrogens with zero attached hydrogens (tertiary/aromatic N) is 4. The molecule has 2 atom stereocenters. The predicted octanol–water partition coefficient (Wildman–Crippen LogP) is 3.40. The largest absolute Gasteiger partial charge is 0.493 e. The van der Waals surface area contributed by atoms with Gasteiger partial charge in [-0.05, 0) is 55.8 Å². The van der Waals surface area contributed by atoms with E-state index in [9.17, 15) is 24.5 Å². The number of hydrogen-bond donors (Lipinski definition) is 0. The van der Waals surface area contributed by atoms with Gasteiger partial charge in [-0.25, -0.2) is 0 Å². The van der Waals surface area contributed by atoms with Gasteiger partial charge in [0.1, 0.15) is 0 Å². The lowest BCUT2D eigenvalue weighted by Crippen LogP contribution is -2.49. The summed E-state index contributed by atoms with van der Waals surface area (Å²) in [6.07, 6.45) is 1.21. The molecule has 3 amide bonds. The average molecular weight is 547 g/mol. The second-order valence-corrected chi connectivity index (χ2v) is 9.54. The molecule has 1 fully saturated rings. The molecule has 0 saturated carbocycles. The Morgan fingerprint density at radius 3 is 2.45 bits per heavy atom. The van der Waals surface area contributed by atoms with E-state index in [1.54, 1.807) is 23.1 Å². The standard InChI is InChI=1S/C28H26N4O8/c1-16-13-30(14-17(2)40-16)25(33)15-39-23-10-7-18(11-24(23)38-3)12-29-31-27(34)20-6-4-5-19-22(32(36)37)9-8-21(26(19)20)28(31)35/h4-12,16-17H,13-15H2,1-3H3/b29-12-/t16-,17-/m1/s1. The highest BCUT2D eigenvalue weighted by Crippen LogP contribution is 2.35. The van der Waals surface area contributed by atoms with Gasteiger partial charge in [0.05, 0.1) is 47.0 Å². The van der Waals surface area contributed by atoms with Crippen LogP contribution in [0.4, 0.5) is 5.69 Å². The summed E-state index contributed by atoms with van der Waals surface area (Å²) in [6, 6.07) is 11.9. The van der Waals surface area contributed by atoms with Crippen LogP contribution >= 0.6 is 0 Å². The highest BCUT2D eigenvalue weighted by molar-refractivity contribution is 6.26. The van der Waals surface area contributed by atoms with Crippen molar-refractivity contribution in [1.82, 2.24) is 9.91 Å². The first kappa shape index (κ1) is 26.8. The summed E-state index contributed by atoms with van der Waals surface area (Å²) in [5.74, 6) is -0.889. The summed E-state index contributed by atoms with van der Waals surface area (Å²) in [6.45, 7) is 4.63. The Balaban J connectivity index is 1.33. The highest BCUT2D eigenvalue weighted by atomic mass is 16.6. The molecule has 0 bridgehead atoms. The van der Waals surface area contributed by atoms with Gasteiger partial charge in [-0.1, -0.05) is 6.07 Å². The van der Waals surface area contributed by atoms with Gasteiger partial charge in [0.25, 0.3) is 23.4 Å². The third-order valence-corrected chi connectivity index (χ3v) is 6.69. The lowest BCUT2D eigenvalue weighted by molar-refractivity contribution is -0.383. The molecule has 206 valence electrons. The average Bonchev–Trinajstić information content (AvgIpc) is 2.93. The molecule has 2 aliphatic heterocycles. The molecule has 3 aromatic carbocycles. The highest BCUT2D eigenvalue weighted by Gasteiger charge is 2.35. The number of ether oxygens (including phenoxy) is 3. The summed E-state index contributed by atoms with van der Waals surface area (Å²) < 4.78 is 16.8. The lowest BCUT2D eigenvalue weighted by Gasteiger charge is -2.35. The van der Waals surface area contributed by atoms with E-state index in [4.69, 9.17) is 14.2 Å². The van der Waals surface area contributed by atoms with Crippen molar-refractivity contribution in [2.45, 2.75) is 26.1 Å². The fraction of sp³-hybridized carbons (Fsp3) is 0.286. The second kappa shape index (κ2) is 10.7. The van der Waals surface area contributed by atoms with Gasteiger partial charge in [-0.15, -0.1) is 0 Å². The Kier molecular flexibility index (Phi) is 7.18. The van der Waals surface area contributed by atoms with E-state index in [0.717, 1.165) is 5.01 Å². The number of nitro groups is 1. The number of carbonyl (C=O) groups excluding carboxylic acids is 3. The van der Waals surface area contributed by atoms with Crippen LogP contribution in [0, 0.1) is 10.1 Å². The summed E-state index contributed by atoms with van der Waals surface area (Å²) in [7, 11) is 1.45. The van der Waals surface area contributed by atoms with Crippen LogP contribution in [0.5, 0.6) is 11.5 Å². The third kappa shape index (κ3) is 4.96. The Labute approximate surface area is 228 Å². The van der Waals surface area contributed by atoms with Gasteiger partial charge < -0.3 is 19.1 Å². The van der Waals surface area contributed by atoms with E-state index >= 15 is 0 Å². The maximum atomic E-state index is 13.1. The van der Waals surface area contributed by atoms with E-state index < -0.39 is 16.7 Å². The number of hydrazone groups is 1.